The fourth-order valence-electron chi connectivity index (χ4n) is 6.55. The second kappa shape index (κ2) is 13.5. The molecule has 46 heavy (non-hydrogen) atoms. The molecule has 7 nitrogen and oxygen atoms in total. The van der Waals surface area contributed by atoms with Crippen LogP contribution in [0, 0.1) is 17.5 Å². The Labute approximate surface area is 270 Å². The number of piperazine rings is 1. The number of amides is 2. The van der Waals surface area contributed by atoms with Gasteiger partial charge in [0, 0.05) is 48.7 Å². The second-order valence-corrected chi connectivity index (χ2v) is 12.5. The van der Waals surface area contributed by atoms with Crippen molar-refractivity contribution in [2.45, 2.75) is 63.4 Å². The lowest BCUT2D eigenvalue weighted by Crippen LogP contribution is -2.64. The fourth-order valence-corrected chi connectivity index (χ4v) is 6.75. The molecule has 242 valence electrons. The standard InChI is InChI=1S/C35H35ClF3N3O4/c1-20(46-34-29(38)13-12-28(37)33(34)39)14-21-6-8-22(9-7-21)26-15-25-16-40-17-30(42(25)31(44)19-43)32(26)35(45)41(24-10-11-24)18-23-4-2-3-5-27(23)36/h2-9,12-13,20,24-25,30,40,43H,10-11,14-19H2,1H3. The molecule has 2 bridgehead atoms. The fraction of sp³-hybridized carbons (Fsp3) is 0.371. The number of nitrogens with one attached hydrogen (secondary N) is 1. The van der Waals surface area contributed by atoms with Crippen LogP contribution in [-0.4, -0.2) is 70.6 Å². The topological polar surface area (TPSA) is 82.1 Å². The first-order chi connectivity index (χ1) is 22.2. The Balaban J connectivity index is 1.32. The Kier molecular flexibility index (Phi) is 9.40. The maximum atomic E-state index is 14.6. The van der Waals surface area contributed by atoms with E-state index >= 15 is 0 Å². The van der Waals surface area contributed by atoms with Gasteiger partial charge in [-0.25, -0.2) is 8.78 Å². The summed E-state index contributed by atoms with van der Waals surface area (Å²) in [6.45, 7) is 2.23. The predicted octanol–water partition coefficient (Wildman–Crippen LogP) is 5.28. The van der Waals surface area contributed by atoms with E-state index in [9.17, 15) is 27.9 Å². The number of carbonyl (C=O) groups is 2. The molecular weight excluding hydrogens is 619 g/mol. The zero-order valence-corrected chi connectivity index (χ0v) is 26.1. The first-order valence-corrected chi connectivity index (χ1v) is 15.8. The normalized spacial score (nSPS) is 20.0. The molecule has 1 aliphatic carbocycles. The molecule has 6 rings (SSSR count). The largest absolute Gasteiger partial charge is 0.484 e. The number of ether oxygens (including phenoxy) is 1. The summed E-state index contributed by atoms with van der Waals surface area (Å²) in [4.78, 5) is 31.1. The van der Waals surface area contributed by atoms with Crippen molar-refractivity contribution in [2.75, 3.05) is 19.7 Å². The minimum Gasteiger partial charge on any atom is -0.484 e. The number of rotatable bonds is 10. The lowest BCUT2D eigenvalue weighted by molar-refractivity contribution is -0.141. The number of halogens is 4. The van der Waals surface area contributed by atoms with Crippen LogP contribution in [0.15, 0.2) is 66.2 Å². The third-order valence-corrected chi connectivity index (χ3v) is 9.26. The smallest absolute Gasteiger partial charge is 0.252 e. The molecule has 1 saturated heterocycles. The highest BCUT2D eigenvalue weighted by Crippen LogP contribution is 2.40. The Hall–Kier alpha value is -3.86. The zero-order valence-electron chi connectivity index (χ0n) is 25.3. The summed E-state index contributed by atoms with van der Waals surface area (Å²) >= 11 is 6.49. The number of aliphatic hydroxyl groups excluding tert-OH is 1. The number of aliphatic hydroxyl groups is 1. The SMILES string of the molecule is CC(Cc1ccc(C2=C(C(=O)N(Cc3ccccc3Cl)C3CC3)C3CNCC(C2)N3C(=O)CO)cc1)Oc1c(F)ccc(F)c1F. The van der Waals surface area contributed by atoms with E-state index in [0.29, 0.717) is 49.1 Å². The van der Waals surface area contributed by atoms with Crippen molar-refractivity contribution in [3.63, 3.8) is 0 Å². The molecule has 3 atom stereocenters. The molecule has 2 heterocycles. The lowest BCUT2D eigenvalue weighted by atomic mass is 9.81. The predicted molar refractivity (Wildman–Crippen MR) is 167 cm³/mol. The lowest BCUT2D eigenvalue weighted by Gasteiger charge is -2.48. The van der Waals surface area contributed by atoms with Gasteiger partial charge in [-0.1, -0.05) is 54.1 Å². The van der Waals surface area contributed by atoms with Crippen molar-refractivity contribution in [3.8, 4) is 5.75 Å². The van der Waals surface area contributed by atoms with Gasteiger partial charge in [-0.3, -0.25) is 9.59 Å². The van der Waals surface area contributed by atoms with Crippen LogP contribution in [0.25, 0.3) is 5.57 Å². The molecule has 0 radical (unpaired) electrons. The molecule has 0 spiro atoms. The van der Waals surface area contributed by atoms with E-state index in [1.165, 1.54) is 0 Å². The van der Waals surface area contributed by atoms with E-state index in [-0.39, 0.29) is 18.0 Å². The van der Waals surface area contributed by atoms with Crippen LogP contribution in [0.3, 0.4) is 0 Å². The van der Waals surface area contributed by atoms with Crippen molar-refractivity contribution in [3.05, 3.63) is 105 Å². The van der Waals surface area contributed by atoms with E-state index in [2.05, 4.69) is 5.32 Å². The molecule has 2 N–H and O–H groups in total. The van der Waals surface area contributed by atoms with E-state index in [1.54, 1.807) is 17.9 Å². The van der Waals surface area contributed by atoms with Gasteiger partial charge < -0.3 is 25.0 Å². The summed E-state index contributed by atoms with van der Waals surface area (Å²) in [5.41, 5.74) is 3.84. The van der Waals surface area contributed by atoms with Gasteiger partial charge in [-0.15, -0.1) is 0 Å². The molecule has 2 amide bonds. The number of nitrogens with zero attached hydrogens (tertiary/aromatic N) is 2. The van der Waals surface area contributed by atoms with E-state index in [4.69, 9.17) is 16.3 Å². The van der Waals surface area contributed by atoms with Crippen LogP contribution in [0.5, 0.6) is 5.75 Å². The molecule has 1 saturated carbocycles. The number of carbonyl (C=O) groups excluding carboxylic acids is 2. The second-order valence-electron chi connectivity index (χ2n) is 12.1. The number of hydrogen-bond acceptors (Lipinski definition) is 5. The summed E-state index contributed by atoms with van der Waals surface area (Å²) in [7, 11) is 0. The van der Waals surface area contributed by atoms with Crippen LogP contribution >= 0.6 is 11.6 Å². The van der Waals surface area contributed by atoms with Crippen LogP contribution in [0.1, 0.15) is 42.9 Å². The van der Waals surface area contributed by atoms with Crippen LogP contribution < -0.4 is 10.1 Å². The maximum absolute atomic E-state index is 14.6. The summed E-state index contributed by atoms with van der Waals surface area (Å²) in [6.07, 6.45) is 1.80. The molecule has 3 aliphatic rings. The van der Waals surface area contributed by atoms with Gasteiger partial charge in [-0.2, -0.15) is 4.39 Å². The van der Waals surface area contributed by atoms with E-state index in [1.807, 2.05) is 47.4 Å². The van der Waals surface area contributed by atoms with Gasteiger partial charge >= 0.3 is 0 Å². The van der Waals surface area contributed by atoms with Crippen LogP contribution in [-0.2, 0) is 22.6 Å². The molecule has 0 aromatic heterocycles. The Morgan fingerprint density at radius 2 is 1.76 bits per heavy atom. The molecule has 2 fully saturated rings. The average Bonchev–Trinajstić information content (AvgIpc) is 3.89. The van der Waals surface area contributed by atoms with Crippen molar-refractivity contribution in [1.29, 1.82) is 0 Å². The highest BCUT2D eigenvalue weighted by atomic mass is 35.5. The van der Waals surface area contributed by atoms with Gasteiger partial charge in [0.2, 0.25) is 11.7 Å². The molecule has 2 aliphatic heterocycles. The monoisotopic (exact) mass is 653 g/mol. The van der Waals surface area contributed by atoms with Gasteiger partial charge in [-0.05, 0) is 66.6 Å². The van der Waals surface area contributed by atoms with Gasteiger partial charge in [0.25, 0.3) is 5.91 Å². The zero-order chi connectivity index (χ0) is 32.5. The minimum atomic E-state index is -1.37. The first kappa shape index (κ1) is 32.1. The van der Waals surface area contributed by atoms with Crippen molar-refractivity contribution >= 4 is 29.0 Å². The third kappa shape index (κ3) is 6.52. The van der Waals surface area contributed by atoms with Crippen LogP contribution in [0.4, 0.5) is 13.2 Å². The van der Waals surface area contributed by atoms with E-state index in [0.717, 1.165) is 41.2 Å². The number of benzene rings is 3. The Morgan fingerprint density at radius 1 is 1.04 bits per heavy atom. The summed E-state index contributed by atoms with van der Waals surface area (Å²) in [5, 5.41) is 13.8. The molecule has 11 heteroatoms. The highest BCUT2D eigenvalue weighted by molar-refractivity contribution is 6.31. The van der Waals surface area contributed by atoms with Crippen LogP contribution in [0.2, 0.25) is 5.02 Å². The average molecular weight is 654 g/mol. The third-order valence-electron chi connectivity index (χ3n) is 8.89. The molecule has 3 aromatic carbocycles. The molecular formula is C35H35ClF3N3O4. The molecule has 3 unspecified atom stereocenters. The van der Waals surface area contributed by atoms with Crippen molar-refractivity contribution in [1.82, 2.24) is 15.1 Å². The van der Waals surface area contributed by atoms with Crippen molar-refractivity contribution < 1.29 is 32.6 Å². The quantitative estimate of drug-likeness (QED) is 0.291. The Morgan fingerprint density at radius 3 is 2.46 bits per heavy atom. The highest BCUT2D eigenvalue weighted by Gasteiger charge is 2.46. The van der Waals surface area contributed by atoms with Gasteiger partial charge in [0.05, 0.1) is 6.04 Å². The summed E-state index contributed by atoms with van der Waals surface area (Å²) in [5.74, 6) is -4.87. The number of fused-ring (bicyclic) bond motifs is 2. The maximum Gasteiger partial charge on any atom is 0.252 e. The minimum absolute atomic E-state index is 0.0606. The number of hydrogen-bond donors (Lipinski definition) is 2. The van der Waals surface area contributed by atoms with Gasteiger partial charge in [0.1, 0.15) is 12.7 Å². The molecule has 3 aromatic rings. The summed E-state index contributed by atoms with van der Waals surface area (Å²) < 4.78 is 47.4. The van der Waals surface area contributed by atoms with E-state index < -0.39 is 47.9 Å². The van der Waals surface area contributed by atoms with Crippen molar-refractivity contribution in [2.24, 2.45) is 0 Å². The Bertz CT molecular complexity index is 1660. The summed E-state index contributed by atoms with van der Waals surface area (Å²) in [6, 6.07) is 15.8. The van der Waals surface area contributed by atoms with Gasteiger partial charge in [0.15, 0.2) is 17.4 Å². The first-order valence-electron chi connectivity index (χ1n) is 15.5.